The van der Waals surface area contributed by atoms with Gasteiger partial charge in [0, 0.05) is 12.4 Å². The number of fused-ring (bicyclic) bond motifs is 1. The number of H-pyrrole nitrogens is 1. The maximum atomic E-state index is 5.87. The van der Waals surface area contributed by atoms with Crippen LogP contribution in [0.4, 0.5) is 0 Å². The van der Waals surface area contributed by atoms with Crippen molar-refractivity contribution in [3.63, 3.8) is 0 Å². The first kappa shape index (κ1) is 9.30. The quantitative estimate of drug-likeness (QED) is 0.654. The van der Waals surface area contributed by atoms with Crippen LogP contribution in [0.1, 0.15) is 0 Å². The summed E-state index contributed by atoms with van der Waals surface area (Å²) >= 11 is 5.87. The van der Waals surface area contributed by atoms with Gasteiger partial charge in [0.2, 0.25) is 5.28 Å². The van der Waals surface area contributed by atoms with Gasteiger partial charge in [0.1, 0.15) is 5.69 Å². The predicted octanol–water partition coefficient (Wildman–Crippen LogP) is 2.67. The molecule has 3 aromatic rings. The van der Waals surface area contributed by atoms with Crippen LogP contribution in [-0.4, -0.2) is 19.9 Å². The summed E-state index contributed by atoms with van der Waals surface area (Å²) in [5.74, 6) is 0. The standard InChI is InChI=1S/C11H7ClN4/c12-11-15-8-4-6-14-9(8)10(16-11)7-3-1-2-5-13-7/h1-6,14H. The molecule has 3 aromatic heterocycles. The van der Waals surface area contributed by atoms with Gasteiger partial charge in [0.25, 0.3) is 0 Å². The molecule has 0 aliphatic carbocycles. The molecule has 16 heavy (non-hydrogen) atoms. The lowest BCUT2D eigenvalue weighted by Gasteiger charge is -2.01. The van der Waals surface area contributed by atoms with E-state index < -0.39 is 0 Å². The monoisotopic (exact) mass is 230 g/mol. The summed E-state index contributed by atoms with van der Waals surface area (Å²) in [4.78, 5) is 15.7. The van der Waals surface area contributed by atoms with Crippen molar-refractivity contribution in [2.24, 2.45) is 0 Å². The molecule has 0 saturated heterocycles. The summed E-state index contributed by atoms with van der Waals surface area (Å²) in [6.07, 6.45) is 3.53. The second-order valence-electron chi connectivity index (χ2n) is 3.29. The highest BCUT2D eigenvalue weighted by molar-refractivity contribution is 6.28. The van der Waals surface area contributed by atoms with Crippen molar-refractivity contribution in [3.8, 4) is 11.4 Å². The second kappa shape index (κ2) is 3.57. The van der Waals surface area contributed by atoms with Crippen molar-refractivity contribution < 1.29 is 0 Å². The molecular formula is C11H7ClN4. The molecule has 0 aliphatic heterocycles. The summed E-state index contributed by atoms with van der Waals surface area (Å²) in [5, 5.41) is 0.229. The van der Waals surface area contributed by atoms with E-state index in [0.717, 1.165) is 22.4 Å². The van der Waals surface area contributed by atoms with Crippen LogP contribution in [0, 0.1) is 0 Å². The summed E-state index contributed by atoms with van der Waals surface area (Å²) in [6.45, 7) is 0. The molecule has 0 unspecified atom stereocenters. The fourth-order valence-electron chi connectivity index (χ4n) is 1.60. The van der Waals surface area contributed by atoms with Crippen LogP contribution in [0.5, 0.6) is 0 Å². The van der Waals surface area contributed by atoms with Crippen molar-refractivity contribution in [2.45, 2.75) is 0 Å². The number of pyridine rings is 1. The molecule has 0 atom stereocenters. The van der Waals surface area contributed by atoms with E-state index >= 15 is 0 Å². The lowest BCUT2D eigenvalue weighted by molar-refractivity contribution is 1.19. The number of nitrogens with zero attached hydrogens (tertiary/aromatic N) is 3. The zero-order chi connectivity index (χ0) is 11.0. The first-order chi connectivity index (χ1) is 7.84. The van der Waals surface area contributed by atoms with Crippen molar-refractivity contribution in [1.29, 1.82) is 0 Å². The van der Waals surface area contributed by atoms with Crippen LogP contribution in [0.2, 0.25) is 5.28 Å². The number of aromatic amines is 1. The zero-order valence-corrected chi connectivity index (χ0v) is 8.94. The minimum Gasteiger partial charge on any atom is -0.358 e. The van der Waals surface area contributed by atoms with E-state index in [9.17, 15) is 0 Å². The Morgan fingerprint density at radius 3 is 2.88 bits per heavy atom. The summed E-state index contributed by atoms with van der Waals surface area (Å²) in [5.41, 5.74) is 3.14. The molecule has 0 amide bonds. The number of rotatable bonds is 1. The molecule has 0 radical (unpaired) electrons. The summed E-state index contributed by atoms with van der Waals surface area (Å²) in [7, 11) is 0. The van der Waals surface area contributed by atoms with Gasteiger partial charge < -0.3 is 4.98 Å². The minimum atomic E-state index is 0.229. The van der Waals surface area contributed by atoms with Gasteiger partial charge in [-0.15, -0.1) is 0 Å². The third-order valence-electron chi connectivity index (χ3n) is 2.29. The van der Waals surface area contributed by atoms with Gasteiger partial charge in [0.15, 0.2) is 0 Å². The first-order valence-electron chi connectivity index (χ1n) is 4.76. The molecule has 78 valence electrons. The van der Waals surface area contributed by atoms with Crippen LogP contribution in [-0.2, 0) is 0 Å². The van der Waals surface area contributed by atoms with Crippen LogP contribution in [0.25, 0.3) is 22.4 Å². The first-order valence-corrected chi connectivity index (χ1v) is 5.14. The van der Waals surface area contributed by atoms with Crippen LogP contribution in [0.15, 0.2) is 36.7 Å². The molecule has 0 aliphatic rings. The number of halogens is 1. The number of hydrogen-bond donors (Lipinski definition) is 1. The molecule has 3 heterocycles. The van der Waals surface area contributed by atoms with E-state index in [0.29, 0.717) is 0 Å². The van der Waals surface area contributed by atoms with E-state index in [2.05, 4.69) is 19.9 Å². The molecule has 0 bridgehead atoms. The van der Waals surface area contributed by atoms with E-state index in [1.54, 1.807) is 6.20 Å². The van der Waals surface area contributed by atoms with Gasteiger partial charge in [-0.3, -0.25) is 4.98 Å². The molecular weight excluding hydrogens is 224 g/mol. The van der Waals surface area contributed by atoms with E-state index in [1.165, 1.54) is 0 Å². The predicted molar refractivity (Wildman–Crippen MR) is 62.1 cm³/mol. The molecule has 1 N–H and O–H groups in total. The molecule has 4 nitrogen and oxygen atoms in total. The zero-order valence-electron chi connectivity index (χ0n) is 8.18. The van der Waals surface area contributed by atoms with Gasteiger partial charge >= 0.3 is 0 Å². The third-order valence-corrected chi connectivity index (χ3v) is 2.46. The Morgan fingerprint density at radius 2 is 2.06 bits per heavy atom. The largest absolute Gasteiger partial charge is 0.358 e. The second-order valence-corrected chi connectivity index (χ2v) is 3.63. The topological polar surface area (TPSA) is 54.5 Å². The molecule has 5 heteroatoms. The molecule has 0 aromatic carbocycles. The average molecular weight is 231 g/mol. The highest BCUT2D eigenvalue weighted by Crippen LogP contribution is 2.24. The van der Waals surface area contributed by atoms with Gasteiger partial charge in [-0.1, -0.05) is 6.07 Å². The van der Waals surface area contributed by atoms with Crippen LogP contribution in [0.3, 0.4) is 0 Å². The van der Waals surface area contributed by atoms with Gasteiger partial charge in [-0.05, 0) is 29.8 Å². The SMILES string of the molecule is Clc1nc(-c2ccccn2)c2[nH]ccc2n1. The minimum absolute atomic E-state index is 0.229. The fraction of sp³-hybridized carbons (Fsp3) is 0. The Morgan fingerprint density at radius 1 is 1.12 bits per heavy atom. The Labute approximate surface area is 96.3 Å². The Hall–Kier alpha value is -1.94. The Kier molecular flexibility index (Phi) is 2.08. The maximum absolute atomic E-state index is 5.87. The molecule has 0 spiro atoms. The number of nitrogens with one attached hydrogen (secondary N) is 1. The third kappa shape index (κ3) is 1.44. The summed E-state index contributed by atoms with van der Waals surface area (Å²) < 4.78 is 0. The van der Waals surface area contributed by atoms with Crippen molar-refractivity contribution in [2.75, 3.05) is 0 Å². The van der Waals surface area contributed by atoms with Crippen LogP contribution < -0.4 is 0 Å². The van der Waals surface area contributed by atoms with Gasteiger partial charge in [-0.25, -0.2) is 9.97 Å². The summed E-state index contributed by atoms with van der Waals surface area (Å²) in [6, 6.07) is 7.51. The Bertz CT molecular complexity index is 633. The highest BCUT2D eigenvalue weighted by atomic mass is 35.5. The number of aromatic nitrogens is 4. The van der Waals surface area contributed by atoms with Crippen LogP contribution >= 0.6 is 11.6 Å². The van der Waals surface area contributed by atoms with Gasteiger partial charge in [0.05, 0.1) is 16.7 Å². The van der Waals surface area contributed by atoms with Crippen molar-refractivity contribution >= 4 is 22.6 Å². The van der Waals surface area contributed by atoms with Crippen molar-refractivity contribution in [1.82, 2.24) is 19.9 Å². The number of hydrogen-bond acceptors (Lipinski definition) is 3. The molecule has 3 rings (SSSR count). The lowest BCUT2D eigenvalue weighted by Crippen LogP contribution is -1.91. The normalized spacial score (nSPS) is 10.8. The lowest BCUT2D eigenvalue weighted by atomic mass is 10.2. The average Bonchev–Trinajstić information content (AvgIpc) is 2.77. The van der Waals surface area contributed by atoms with E-state index in [4.69, 9.17) is 11.6 Å². The molecule has 0 saturated carbocycles. The van der Waals surface area contributed by atoms with Crippen molar-refractivity contribution in [3.05, 3.63) is 41.9 Å². The smallest absolute Gasteiger partial charge is 0.223 e. The Balaban J connectivity index is 2.34. The fourth-order valence-corrected chi connectivity index (χ4v) is 1.78. The maximum Gasteiger partial charge on any atom is 0.223 e. The van der Waals surface area contributed by atoms with E-state index in [-0.39, 0.29) is 5.28 Å². The highest BCUT2D eigenvalue weighted by Gasteiger charge is 2.10. The molecule has 0 fully saturated rings. The van der Waals surface area contributed by atoms with E-state index in [1.807, 2.05) is 30.5 Å². The van der Waals surface area contributed by atoms with Gasteiger partial charge in [-0.2, -0.15) is 0 Å².